The van der Waals surface area contributed by atoms with Crippen LogP contribution in [0.4, 0.5) is 17.6 Å². The second kappa shape index (κ2) is 8.60. The highest BCUT2D eigenvalue weighted by Crippen LogP contribution is 2.32. The highest BCUT2D eigenvalue weighted by atomic mass is 35.5. The van der Waals surface area contributed by atoms with Crippen LogP contribution in [-0.4, -0.2) is 24.6 Å². The number of rotatable bonds is 6. The first-order chi connectivity index (χ1) is 14.4. The molecule has 2 aromatic carbocycles. The van der Waals surface area contributed by atoms with Gasteiger partial charge in [-0.15, -0.1) is 0 Å². The summed E-state index contributed by atoms with van der Waals surface area (Å²) in [4.78, 5) is 6.92. The van der Waals surface area contributed by atoms with Crippen LogP contribution in [0.15, 0.2) is 47.5 Å². The number of imidazole rings is 1. The summed E-state index contributed by atoms with van der Waals surface area (Å²) in [6.45, 7) is 1.26. The number of aromatic nitrogens is 2. The smallest absolute Gasteiger partial charge is 0.361 e. The van der Waals surface area contributed by atoms with Crippen molar-refractivity contribution in [3.63, 3.8) is 0 Å². The minimum absolute atomic E-state index is 0.0903. The van der Waals surface area contributed by atoms with E-state index in [0.717, 1.165) is 24.5 Å². The number of nitrogens with zero attached hydrogens (tertiary/aromatic N) is 1. The molecule has 31 heavy (non-hydrogen) atoms. The maximum Gasteiger partial charge on any atom is 0.416 e. The van der Waals surface area contributed by atoms with Gasteiger partial charge in [0.15, 0.2) is 14.9 Å². The molecule has 1 aromatic heterocycles. The van der Waals surface area contributed by atoms with Crippen molar-refractivity contribution in [2.24, 2.45) is 0 Å². The number of H-pyrrole nitrogens is 1. The summed E-state index contributed by atoms with van der Waals surface area (Å²) in [6.07, 6.45) is -4.56. The molecule has 3 aromatic rings. The molecule has 0 spiro atoms. The van der Waals surface area contributed by atoms with E-state index in [9.17, 15) is 26.0 Å². The minimum atomic E-state index is -4.51. The molecule has 0 amide bonds. The molecule has 1 heterocycles. The van der Waals surface area contributed by atoms with Crippen molar-refractivity contribution in [1.82, 2.24) is 9.97 Å². The molecule has 1 N–H and O–H groups in total. The zero-order valence-corrected chi connectivity index (χ0v) is 17.9. The van der Waals surface area contributed by atoms with Gasteiger partial charge >= 0.3 is 6.18 Å². The van der Waals surface area contributed by atoms with Gasteiger partial charge in [-0.3, -0.25) is 0 Å². The zero-order valence-electron chi connectivity index (χ0n) is 16.3. The Hall–Kier alpha value is -2.43. The third-order valence-electron chi connectivity index (χ3n) is 4.38. The summed E-state index contributed by atoms with van der Waals surface area (Å²) >= 11 is 5.86. The van der Waals surface area contributed by atoms with E-state index < -0.39 is 33.5 Å². The fraction of sp³-hybridized carbons (Fsp3) is 0.250. The third kappa shape index (κ3) is 5.44. The molecule has 0 radical (unpaired) electrons. The molecule has 0 saturated carbocycles. The van der Waals surface area contributed by atoms with Gasteiger partial charge in [0.05, 0.1) is 22.9 Å². The Bertz CT molecular complexity index is 1210. The maximum absolute atomic E-state index is 13.6. The summed E-state index contributed by atoms with van der Waals surface area (Å²) in [7, 11) is -3.64. The number of nitrogens with one attached hydrogen (secondary N) is 1. The zero-order chi connectivity index (χ0) is 23.0. The number of halogens is 5. The van der Waals surface area contributed by atoms with E-state index in [1.807, 2.05) is 0 Å². The summed E-state index contributed by atoms with van der Waals surface area (Å²) < 4.78 is 82.2. The van der Waals surface area contributed by atoms with Gasteiger partial charge in [0, 0.05) is 6.26 Å². The number of aromatic amines is 1. The summed E-state index contributed by atoms with van der Waals surface area (Å²) in [5.41, 5.74) is 0.00776. The van der Waals surface area contributed by atoms with E-state index in [4.69, 9.17) is 16.3 Å². The Morgan fingerprint density at radius 1 is 1.19 bits per heavy atom. The van der Waals surface area contributed by atoms with Gasteiger partial charge in [-0.05, 0) is 42.3 Å². The van der Waals surface area contributed by atoms with Gasteiger partial charge in [0.2, 0.25) is 0 Å². The predicted molar refractivity (Wildman–Crippen MR) is 106 cm³/mol. The third-order valence-corrected chi connectivity index (χ3v) is 5.76. The fourth-order valence-electron chi connectivity index (χ4n) is 2.98. The Morgan fingerprint density at radius 2 is 1.90 bits per heavy atom. The van der Waals surface area contributed by atoms with Crippen molar-refractivity contribution in [3.05, 3.63) is 81.5 Å². The van der Waals surface area contributed by atoms with Crippen LogP contribution in [0.25, 0.3) is 0 Å². The lowest BCUT2D eigenvalue weighted by atomic mass is 10.1. The van der Waals surface area contributed by atoms with E-state index in [0.29, 0.717) is 5.56 Å². The highest BCUT2D eigenvalue weighted by Gasteiger charge is 2.30. The van der Waals surface area contributed by atoms with Gasteiger partial charge in [-0.2, -0.15) is 13.2 Å². The van der Waals surface area contributed by atoms with Crippen LogP contribution in [0.2, 0.25) is 5.02 Å². The maximum atomic E-state index is 13.6. The summed E-state index contributed by atoms with van der Waals surface area (Å²) in [5, 5.41) is -0.389. The van der Waals surface area contributed by atoms with Crippen LogP contribution < -0.4 is 0 Å². The second-order valence-corrected chi connectivity index (χ2v) is 9.23. The Kier molecular flexibility index (Phi) is 6.45. The van der Waals surface area contributed by atoms with Crippen LogP contribution in [0.5, 0.6) is 0 Å². The number of aryl methyl sites for hydroxylation is 1. The van der Waals surface area contributed by atoms with Crippen LogP contribution in [0.3, 0.4) is 0 Å². The topological polar surface area (TPSA) is 72.0 Å². The highest BCUT2D eigenvalue weighted by molar-refractivity contribution is 7.90. The molecule has 3 rings (SSSR count). The second-order valence-electron chi connectivity index (χ2n) is 6.89. The van der Waals surface area contributed by atoms with E-state index in [-0.39, 0.29) is 33.7 Å². The molecule has 0 fully saturated rings. The van der Waals surface area contributed by atoms with Gasteiger partial charge in [0.1, 0.15) is 17.7 Å². The van der Waals surface area contributed by atoms with Gasteiger partial charge in [0.25, 0.3) is 0 Å². The normalized spacial score (nSPS) is 13.4. The van der Waals surface area contributed by atoms with Crippen LogP contribution >= 0.6 is 11.6 Å². The van der Waals surface area contributed by atoms with Gasteiger partial charge in [-0.25, -0.2) is 17.8 Å². The first-order valence-electron chi connectivity index (χ1n) is 8.85. The largest absolute Gasteiger partial charge is 0.416 e. The van der Waals surface area contributed by atoms with Crippen LogP contribution in [-0.2, 0) is 27.4 Å². The molecule has 0 aliphatic heterocycles. The lowest BCUT2D eigenvalue weighted by molar-refractivity contribution is -0.137. The molecule has 0 saturated heterocycles. The number of ether oxygens (including phenoxy) is 1. The van der Waals surface area contributed by atoms with E-state index >= 15 is 0 Å². The van der Waals surface area contributed by atoms with Crippen molar-refractivity contribution >= 4 is 21.4 Å². The molecular weight excluding hydrogens is 460 g/mol. The van der Waals surface area contributed by atoms with Crippen LogP contribution in [0.1, 0.15) is 34.3 Å². The predicted octanol–water partition coefficient (Wildman–Crippen LogP) is 5.24. The molecule has 1 atom stereocenters. The minimum Gasteiger partial charge on any atom is -0.361 e. The Balaban J connectivity index is 1.98. The Morgan fingerprint density at radius 3 is 2.48 bits per heavy atom. The van der Waals surface area contributed by atoms with Crippen molar-refractivity contribution in [3.8, 4) is 0 Å². The SMILES string of the molecule is Cc1[nH]c(C(OCc2cccc(C(F)(F)F)c2)c2ccc(F)c(Cl)c2)nc1S(C)(=O)=O. The van der Waals surface area contributed by atoms with Crippen molar-refractivity contribution in [2.75, 3.05) is 6.26 Å². The number of alkyl halides is 3. The molecule has 0 aliphatic carbocycles. The van der Waals surface area contributed by atoms with Crippen molar-refractivity contribution in [2.45, 2.75) is 30.8 Å². The summed E-state index contributed by atoms with van der Waals surface area (Å²) in [5.74, 6) is -0.581. The Labute approximate surface area is 181 Å². The van der Waals surface area contributed by atoms with Crippen molar-refractivity contribution < 1.29 is 30.7 Å². The van der Waals surface area contributed by atoms with Crippen LogP contribution in [0, 0.1) is 12.7 Å². The summed E-state index contributed by atoms with van der Waals surface area (Å²) in [6, 6.07) is 8.36. The molecule has 0 aliphatic rings. The van der Waals surface area contributed by atoms with Crippen molar-refractivity contribution in [1.29, 1.82) is 0 Å². The number of benzene rings is 2. The molecule has 1 unspecified atom stereocenters. The average molecular weight is 477 g/mol. The molecule has 5 nitrogen and oxygen atoms in total. The lowest BCUT2D eigenvalue weighted by Crippen LogP contribution is -2.10. The molecule has 0 bridgehead atoms. The molecular formula is C20H17ClF4N2O3S. The monoisotopic (exact) mass is 476 g/mol. The lowest BCUT2D eigenvalue weighted by Gasteiger charge is -2.17. The van der Waals surface area contributed by atoms with Gasteiger partial charge in [-0.1, -0.05) is 29.8 Å². The first-order valence-corrected chi connectivity index (χ1v) is 11.1. The molecule has 166 valence electrons. The number of hydrogen-bond acceptors (Lipinski definition) is 4. The van der Waals surface area contributed by atoms with E-state index in [1.54, 1.807) is 0 Å². The number of hydrogen-bond donors (Lipinski definition) is 1. The first kappa shape index (κ1) is 23.2. The van der Waals surface area contributed by atoms with E-state index in [2.05, 4.69) is 9.97 Å². The van der Waals surface area contributed by atoms with E-state index in [1.165, 1.54) is 31.2 Å². The molecule has 11 heteroatoms. The standard InChI is InChI=1S/C20H17ClF4N2O3S/c1-11-19(31(2,28)29)27-18(26-11)17(13-6-7-16(22)15(21)9-13)30-10-12-4-3-5-14(8-12)20(23,24)25/h3-9,17H,10H2,1-2H3,(H,26,27). The fourth-order valence-corrected chi connectivity index (χ4v) is 4.04. The quantitative estimate of drug-likeness (QED) is 0.494. The number of sulfone groups is 1. The van der Waals surface area contributed by atoms with Gasteiger partial charge < -0.3 is 9.72 Å². The average Bonchev–Trinajstić information content (AvgIpc) is 3.06.